The number of amides is 1. The van der Waals surface area contributed by atoms with Crippen molar-refractivity contribution in [2.24, 2.45) is 11.8 Å². The quantitative estimate of drug-likeness (QED) is 0.666. The molecule has 0 radical (unpaired) electrons. The van der Waals surface area contributed by atoms with Gasteiger partial charge in [-0.3, -0.25) is 4.79 Å². The van der Waals surface area contributed by atoms with Gasteiger partial charge in [0.25, 0.3) is 0 Å². The molecule has 15 heavy (non-hydrogen) atoms. The average molecular weight is 212 g/mol. The van der Waals surface area contributed by atoms with Crippen molar-refractivity contribution in [2.75, 3.05) is 27.3 Å². The minimum atomic E-state index is -0.114. The van der Waals surface area contributed by atoms with Gasteiger partial charge in [0.15, 0.2) is 0 Å². The third kappa shape index (κ3) is 6.08. The van der Waals surface area contributed by atoms with E-state index in [-0.39, 0.29) is 17.7 Å². The summed E-state index contributed by atoms with van der Waals surface area (Å²) < 4.78 is 4.96. The van der Waals surface area contributed by atoms with Gasteiger partial charge in [-0.15, -0.1) is 0 Å². The lowest BCUT2D eigenvalue weighted by Gasteiger charge is -2.20. The van der Waals surface area contributed by atoms with E-state index in [9.17, 15) is 4.79 Å². The van der Waals surface area contributed by atoms with Crippen LogP contribution < -0.4 is 0 Å². The Bertz CT molecular complexity index is 235. The van der Waals surface area contributed by atoms with Crippen molar-refractivity contribution in [3.8, 4) is 6.07 Å². The first-order valence-electron chi connectivity index (χ1n) is 5.13. The molecule has 0 N–H and O–H groups in total. The summed E-state index contributed by atoms with van der Waals surface area (Å²) in [6.07, 6.45) is 0.475. The van der Waals surface area contributed by atoms with E-state index in [1.165, 1.54) is 0 Å². The fourth-order valence-electron chi connectivity index (χ4n) is 1.35. The number of methoxy groups -OCH3 is 1. The molecular weight excluding hydrogens is 192 g/mol. The normalized spacial score (nSPS) is 14.1. The second-order valence-corrected chi connectivity index (χ2v) is 4.07. The van der Waals surface area contributed by atoms with Crippen LogP contribution in [0.25, 0.3) is 0 Å². The van der Waals surface area contributed by atoms with Crippen LogP contribution in [0.15, 0.2) is 0 Å². The van der Waals surface area contributed by atoms with Crippen LogP contribution in [-0.2, 0) is 9.53 Å². The second-order valence-electron chi connectivity index (χ2n) is 4.07. The third-order valence-corrected chi connectivity index (χ3v) is 2.17. The molecule has 0 spiro atoms. The standard InChI is InChI=1S/C11H20N2O2/c1-9(8-15-4)5-11(14)13(3)7-10(2)6-12/h9-10H,5,7-8H2,1-4H3. The third-order valence-electron chi connectivity index (χ3n) is 2.17. The Morgan fingerprint density at radius 2 is 2.13 bits per heavy atom. The molecule has 2 atom stereocenters. The molecule has 0 aromatic heterocycles. The van der Waals surface area contributed by atoms with Crippen molar-refractivity contribution in [1.29, 1.82) is 5.26 Å². The summed E-state index contributed by atoms with van der Waals surface area (Å²) in [6.45, 7) is 4.87. The monoisotopic (exact) mass is 212 g/mol. The first kappa shape index (κ1) is 13.9. The summed E-state index contributed by atoms with van der Waals surface area (Å²) in [5, 5.41) is 8.62. The molecule has 2 unspecified atom stereocenters. The lowest BCUT2D eigenvalue weighted by Crippen LogP contribution is -2.32. The van der Waals surface area contributed by atoms with E-state index in [1.54, 1.807) is 19.1 Å². The maximum absolute atomic E-state index is 11.6. The second kappa shape index (κ2) is 7.24. The molecule has 0 fully saturated rings. The Labute approximate surface area is 91.8 Å². The molecule has 0 aromatic rings. The number of ether oxygens (including phenoxy) is 1. The van der Waals surface area contributed by atoms with E-state index >= 15 is 0 Å². The van der Waals surface area contributed by atoms with E-state index < -0.39 is 0 Å². The molecule has 0 aliphatic heterocycles. The predicted octanol–water partition coefficient (Wildman–Crippen LogP) is 1.28. The van der Waals surface area contributed by atoms with E-state index in [0.717, 1.165) is 0 Å². The van der Waals surface area contributed by atoms with Gasteiger partial charge >= 0.3 is 0 Å². The van der Waals surface area contributed by atoms with Crippen LogP contribution in [0.3, 0.4) is 0 Å². The number of carbonyl (C=O) groups excluding carboxylic acids is 1. The molecule has 0 heterocycles. The number of hydrogen-bond donors (Lipinski definition) is 0. The zero-order valence-corrected chi connectivity index (χ0v) is 9.99. The van der Waals surface area contributed by atoms with Gasteiger partial charge in [0.1, 0.15) is 0 Å². The van der Waals surface area contributed by atoms with Crippen LogP contribution in [0.4, 0.5) is 0 Å². The highest BCUT2D eigenvalue weighted by Gasteiger charge is 2.15. The maximum atomic E-state index is 11.6. The van der Waals surface area contributed by atoms with E-state index in [2.05, 4.69) is 6.07 Å². The Kier molecular flexibility index (Phi) is 6.72. The molecule has 0 aromatic carbocycles. The fourth-order valence-corrected chi connectivity index (χ4v) is 1.35. The minimum Gasteiger partial charge on any atom is -0.384 e. The Morgan fingerprint density at radius 3 is 2.60 bits per heavy atom. The minimum absolute atomic E-state index is 0.0710. The molecule has 4 heteroatoms. The fraction of sp³-hybridized carbons (Fsp3) is 0.818. The zero-order valence-electron chi connectivity index (χ0n) is 9.99. The highest BCUT2D eigenvalue weighted by atomic mass is 16.5. The lowest BCUT2D eigenvalue weighted by atomic mass is 10.1. The molecule has 86 valence electrons. The van der Waals surface area contributed by atoms with Crippen LogP contribution in [0, 0.1) is 23.2 Å². The Balaban J connectivity index is 3.94. The SMILES string of the molecule is COCC(C)CC(=O)N(C)CC(C)C#N. The van der Waals surface area contributed by atoms with Gasteiger partial charge in [-0.2, -0.15) is 5.26 Å². The molecule has 1 amide bonds. The zero-order chi connectivity index (χ0) is 11.8. The largest absolute Gasteiger partial charge is 0.384 e. The van der Waals surface area contributed by atoms with Crippen molar-refractivity contribution in [1.82, 2.24) is 4.90 Å². The van der Waals surface area contributed by atoms with Crippen LogP contribution >= 0.6 is 0 Å². The van der Waals surface area contributed by atoms with Crippen molar-refractivity contribution in [3.05, 3.63) is 0 Å². The Hall–Kier alpha value is -1.08. The predicted molar refractivity (Wildman–Crippen MR) is 58.1 cm³/mol. The number of nitriles is 1. The van der Waals surface area contributed by atoms with E-state index in [0.29, 0.717) is 19.6 Å². The van der Waals surface area contributed by atoms with Crippen molar-refractivity contribution < 1.29 is 9.53 Å². The van der Waals surface area contributed by atoms with Gasteiger partial charge in [-0.25, -0.2) is 0 Å². The van der Waals surface area contributed by atoms with E-state index in [1.807, 2.05) is 13.8 Å². The van der Waals surface area contributed by atoms with Crippen LogP contribution in [0.2, 0.25) is 0 Å². The molecule has 4 nitrogen and oxygen atoms in total. The number of carbonyl (C=O) groups is 1. The van der Waals surface area contributed by atoms with Crippen LogP contribution in [0.5, 0.6) is 0 Å². The van der Waals surface area contributed by atoms with Crippen LogP contribution in [-0.4, -0.2) is 38.1 Å². The average Bonchev–Trinajstić information content (AvgIpc) is 2.17. The van der Waals surface area contributed by atoms with E-state index in [4.69, 9.17) is 10.00 Å². The van der Waals surface area contributed by atoms with Gasteiger partial charge in [-0.1, -0.05) is 6.92 Å². The molecule has 0 rings (SSSR count). The first-order valence-corrected chi connectivity index (χ1v) is 5.13. The number of hydrogen-bond acceptors (Lipinski definition) is 3. The molecule has 0 aliphatic carbocycles. The lowest BCUT2D eigenvalue weighted by molar-refractivity contribution is -0.131. The van der Waals surface area contributed by atoms with Crippen LogP contribution in [0.1, 0.15) is 20.3 Å². The molecule has 0 saturated carbocycles. The summed E-state index contributed by atoms with van der Waals surface area (Å²) in [5.41, 5.74) is 0. The van der Waals surface area contributed by atoms with Crippen molar-refractivity contribution in [3.63, 3.8) is 0 Å². The van der Waals surface area contributed by atoms with Gasteiger partial charge in [0.2, 0.25) is 5.91 Å². The maximum Gasteiger partial charge on any atom is 0.222 e. The number of rotatable bonds is 6. The smallest absolute Gasteiger partial charge is 0.222 e. The Morgan fingerprint density at radius 1 is 1.53 bits per heavy atom. The van der Waals surface area contributed by atoms with Gasteiger partial charge in [0, 0.05) is 33.7 Å². The molecule has 0 bridgehead atoms. The van der Waals surface area contributed by atoms with Gasteiger partial charge in [-0.05, 0) is 12.8 Å². The first-order chi connectivity index (χ1) is 7.01. The van der Waals surface area contributed by atoms with Crippen molar-refractivity contribution in [2.45, 2.75) is 20.3 Å². The summed E-state index contributed by atoms with van der Waals surface area (Å²) in [5.74, 6) is 0.181. The summed E-state index contributed by atoms with van der Waals surface area (Å²) in [7, 11) is 3.36. The topological polar surface area (TPSA) is 53.3 Å². The molecule has 0 saturated heterocycles. The van der Waals surface area contributed by atoms with Gasteiger partial charge < -0.3 is 9.64 Å². The summed E-state index contributed by atoms with van der Waals surface area (Å²) in [6, 6.07) is 2.11. The summed E-state index contributed by atoms with van der Waals surface area (Å²) >= 11 is 0. The number of nitrogens with zero attached hydrogens (tertiary/aromatic N) is 2. The molecule has 0 aliphatic rings. The highest BCUT2D eigenvalue weighted by molar-refractivity contribution is 5.76. The summed E-state index contributed by atoms with van der Waals surface area (Å²) in [4.78, 5) is 13.3. The van der Waals surface area contributed by atoms with Gasteiger partial charge in [0.05, 0.1) is 12.0 Å². The van der Waals surface area contributed by atoms with Crippen molar-refractivity contribution >= 4 is 5.91 Å². The molecular formula is C11H20N2O2. The highest BCUT2D eigenvalue weighted by Crippen LogP contribution is 2.06.